The molecule has 0 unspecified atom stereocenters. The van der Waals surface area contributed by atoms with E-state index in [1.807, 2.05) is 6.07 Å². The second kappa shape index (κ2) is 7.06. The molecule has 0 saturated heterocycles. The first-order valence-corrected chi connectivity index (χ1v) is 6.40. The molecule has 18 heavy (non-hydrogen) atoms. The number of carboxylic acids is 1. The fourth-order valence-electron chi connectivity index (χ4n) is 1.79. The molecule has 1 aromatic rings. The molecule has 3 N–H and O–H groups in total. The first-order valence-electron chi connectivity index (χ1n) is 5.77. The van der Waals surface area contributed by atoms with Crippen LogP contribution in [0.3, 0.4) is 0 Å². The van der Waals surface area contributed by atoms with Crippen LogP contribution < -0.4 is 5.73 Å². The van der Waals surface area contributed by atoms with E-state index in [0.29, 0.717) is 24.2 Å². The Balaban J connectivity index is 2.77. The van der Waals surface area contributed by atoms with E-state index < -0.39 is 17.8 Å². The molecule has 0 aliphatic rings. The largest absolute Gasteiger partial charge is 0.481 e. The Hall–Kier alpha value is -1.49. The van der Waals surface area contributed by atoms with Crippen LogP contribution in [-0.4, -0.2) is 22.7 Å². The third-order valence-electron chi connectivity index (χ3n) is 2.75. The third kappa shape index (κ3) is 4.41. The standard InChI is InChI=1S/C13H17NO3S/c14-12(15)10-4-1-3-9(7-10)8-11(13(16)17)5-2-6-18/h1,3-4,7,11,18H,2,5-6,8H2,(H2,14,15)(H,16,17)/t11-/m0/s1. The molecule has 0 aliphatic carbocycles. The maximum absolute atomic E-state index is 11.1. The number of rotatable bonds is 7. The lowest BCUT2D eigenvalue weighted by atomic mass is 9.94. The van der Waals surface area contributed by atoms with Gasteiger partial charge in [-0.15, -0.1) is 0 Å². The predicted octanol–water partition coefficient (Wildman–Crippen LogP) is 1.74. The molecule has 0 aliphatic heterocycles. The molecule has 1 aromatic carbocycles. The van der Waals surface area contributed by atoms with Crippen molar-refractivity contribution >= 4 is 24.5 Å². The minimum atomic E-state index is -0.818. The van der Waals surface area contributed by atoms with Gasteiger partial charge in [0, 0.05) is 5.56 Å². The molecule has 0 aromatic heterocycles. The Kier molecular flexibility index (Phi) is 5.71. The highest BCUT2D eigenvalue weighted by atomic mass is 32.1. The predicted molar refractivity (Wildman–Crippen MR) is 72.9 cm³/mol. The van der Waals surface area contributed by atoms with Gasteiger partial charge in [-0.2, -0.15) is 12.6 Å². The van der Waals surface area contributed by atoms with Gasteiger partial charge in [-0.05, 0) is 42.7 Å². The lowest BCUT2D eigenvalue weighted by Crippen LogP contribution is -2.17. The number of amides is 1. The molecule has 1 amide bonds. The second-order valence-corrected chi connectivity index (χ2v) is 4.62. The summed E-state index contributed by atoms with van der Waals surface area (Å²) in [6.07, 6.45) is 1.75. The Labute approximate surface area is 112 Å². The average molecular weight is 267 g/mol. The second-order valence-electron chi connectivity index (χ2n) is 4.17. The van der Waals surface area contributed by atoms with Gasteiger partial charge in [0.05, 0.1) is 5.92 Å². The molecule has 0 saturated carbocycles. The Morgan fingerprint density at radius 1 is 1.39 bits per heavy atom. The summed E-state index contributed by atoms with van der Waals surface area (Å²) >= 11 is 4.08. The summed E-state index contributed by atoms with van der Waals surface area (Å²) in [6.45, 7) is 0. The number of primary amides is 1. The first-order chi connectivity index (χ1) is 8.54. The number of hydrogen-bond donors (Lipinski definition) is 3. The van der Waals surface area contributed by atoms with E-state index in [0.717, 1.165) is 12.0 Å². The lowest BCUT2D eigenvalue weighted by molar-refractivity contribution is -0.141. The van der Waals surface area contributed by atoms with E-state index >= 15 is 0 Å². The number of carboxylic acid groups (broad SMARTS) is 1. The molecule has 98 valence electrons. The summed E-state index contributed by atoms with van der Waals surface area (Å²) in [5, 5.41) is 9.12. The zero-order valence-electron chi connectivity index (χ0n) is 10.0. The Morgan fingerprint density at radius 2 is 2.11 bits per heavy atom. The number of thiol groups is 1. The minimum Gasteiger partial charge on any atom is -0.481 e. The SMILES string of the molecule is NC(=O)c1cccc(C[C@H](CCCS)C(=O)O)c1. The van der Waals surface area contributed by atoms with Crippen LogP contribution in [0.15, 0.2) is 24.3 Å². The van der Waals surface area contributed by atoms with Gasteiger partial charge in [0.2, 0.25) is 5.91 Å². The molecule has 1 atom stereocenters. The van der Waals surface area contributed by atoms with Crippen LogP contribution in [0.25, 0.3) is 0 Å². The number of carbonyl (C=O) groups is 2. The molecule has 0 spiro atoms. The van der Waals surface area contributed by atoms with E-state index in [1.54, 1.807) is 18.2 Å². The van der Waals surface area contributed by atoms with E-state index in [2.05, 4.69) is 12.6 Å². The van der Waals surface area contributed by atoms with Gasteiger partial charge in [-0.3, -0.25) is 9.59 Å². The van der Waals surface area contributed by atoms with E-state index in [1.165, 1.54) is 0 Å². The Morgan fingerprint density at radius 3 is 2.67 bits per heavy atom. The highest BCUT2D eigenvalue weighted by molar-refractivity contribution is 7.80. The van der Waals surface area contributed by atoms with Gasteiger partial charge in [-0.25, -0.2) is 0 Å². The van der Waals surface area contributed by atoms with Crippen molar-refractivity contribution in [3.05, 3.63) is 35.4 Å². The monoisotopic (exact) mass is 267 g/mol. The first kappa shape index (κ1) is 14.6. The van der Waals surface area contributed by atoms with Crippen LogP contribution in [0.5, 0.6) is 0 Å². The van der Waals surface area contributed by atoms with Crippen molar-refractivity contribution in [3.8, 4) is 0 Å². The summed E-state index contributed by atoms with van der Waals surface area (Å²) < 4.78 is 0. The molecule has 1 rings (SSSR count). The quantitative estimate of drug-likeness (QED) is 0.658. The summed E-state index contributed by atoms with van der Waals surface area (Å²) in [5.74, 6) is -1.09. The van der Waals surface area contributed by atoms with Crippen LogP contribution in [0.1, 0.15) is 28.8 Å². The fraction of sp³-hybridized carbons (Fsp3) is 0.385. The number of benzene rings is 1. The lowest BCUT2D eigenvalue weighted by Gasteiger charge is -2.12. The number of aliphatic carboxylic acids is 1. The van der Waals surface area contributed by atoms with Crippen molar-refractivity contribution in [1.82, 2.24) is 0 Å². The number of carbonyl (C=O) groups excluding carboxylic acids is 1. The summed E-state index contributed by atoms with van der Waals surface area (Å²) in [6, 6.07) is 6.80. The molecule has 4 nitrogen and oxygen atoms in total. The maximum Gasteiger partial charge on any atom is 0.306 e. The van der Waals surface area contributed by atoms with Crippen LogP contribution >= 0.6 is 12.6 Å². The highest BCUT2D eigenvalue weighted by Gasteiger charge is 2.17. The van der Waals surface area contributed by atoms with Crippen molar-refractivity contribution in [2.75, 3.05) is 5.75 Å². The summed E-state index contributed by atoms with van der Waals surface area (Å²) in [7, 11) is 0. The molecule has 0 bridgehead atoms. The molecule has 0 radical (unpaired) electrons. The fourth-order valence-corrected chi connectivity index (χ4v) is 1.97. The molecular weight excluding hydrogens is 250 g/mol. The maximum atomic E-state index is 11.1. The van der Waals surface area contributed by atoms with Gasteiger partial charge in [0.25, 0.3) is 0 Å². The van der Waals surface area contributed by atoms with Crippen molar-refractivity contribution in [3.63, 3.8) is 0 Å². The van der Waals surface area contributed by atoms with Gasteiger partial charge >= 0.3 is 5.97 Å². The number of hydrogen-bond acceptors (Lipinski definition) is 3. The normalized spacial score (nSPS) is 12.1. The third-order valence-corrected chi connectivity index (χ3v) is 3.07. The van der Waals surface area contributed by atoms with Gasteiger partial charge in [0.1, 0.15) is 0 Å². The van der Waals surface area contributed by atoms with Crippen molar-refractivity contribution < 1.29 is 14.7 Å². The Bertz CT molecular complexity index is 434. The zero-order valence-corrected chi connectivity index (χ0v) is 10.9. The van der Waals surface area contributed by atoms with Crippen LogP contribution in [-0.2, 0) is 11.2 Å². The average Bonchev–Trinajstić information content (AvgIpc) is 2.34. The zero-order chi connectivity index (χ0) is 13.5. The molecule has 0 fully saturated rings. The van der Waals surface area contributed by atoms with Crippen LogP contribution in [0.2, 0.25) is 0 Å². The minimum absolute atomic E-state index is 0.407. The molecular formula is C13H17NO3S. The topological polar surface area (TPSA) is 80.4 Å². The summed E-state index contributed by atoms with van der Waals surface area (Å²) in [5.41, 5.74) is 6.41. The van der Waals surface area contributed by atoms with E-state index in [-0.39, 0.29) is 0 Å². The van der Waals surface area contributed by atoms with E-state index in [4.69, 9.17) is 10.8 Å². The number of nitrogens with two attached hydrogens (primary N) is 1. The van der Waals surface area contributed by atoms with Crippen LogP contribution in [0.4, 0.5) is 0 Å². The van der Waals surface area contributed by atoms with Gasteiger partial charge < -0.3 is 10.8 Å². The van der Waals surface area contributed by atoms with Crippen molar-refractivity contribution in [1.29, 1.82) is 0 Å². The highest BCUT2D eigenvalue weighted by Crippen LogP contribution is 2.16. The van der Waals surface area contributed by atoms with E-state index in [9.17, 15) is 9.59 Å². The van der Waals surface area contributed by atoms with Crippen molar-refractivity contribution in [2.45, 2.75) is 19.3 Å². The smallest absolute Gasteiger partial charge is 0.306 e. The summed E-state index contributed by atoms with van der Waals surface area (Å²) in [4.78, 5) is 22.2. The van der Waals surface area contributed by atoms with Crippen LogP contribution in [0, 0.1) is 5.92 Å². The molecule has 0 heterocycles. The van der Waals surface area contributed by atoms with Gasteiger partial charge in [0.15, 0.2) is 0 Å². The van der Waals surface area contributed by atoms with Crippen molar-refractivity contribution in [2.24, 2.45) is 11.7 Å². The van der Waals surface area contributed by atoms with Gasteiger partial charge in [-0.1, -0.05) is 12.1 Å². The molecule has 5 heteroatoms.